The average molecular weight is 295 g/mol. The van der Waals surface area contributed by atoms with Gasteiger partial charge in [-0.15, -0.1) is 11.3 Å². The second-order valence-electron chi connectivity index (χ2n) is 4.22. The molecule has 2 aromatic rings. The van der Waals surface area contributed by atoms with Crippen LogP contribution in [0.2, 0.25) is 0 Å². The van der Waals surface area contributed by atoms with Gasteiger partial charge in [-0.25, -0.2) is 4.79 Å². The van der Waals surface area contributed by atoms with E-state index in [0.29, 0.717) is 16.1 Å². The van der Waals surface area contributed by atoms with E-state index in [4.69, 9.17) is 0 Å². The molecule has 0 fully saturated rings. The maximum absolute atomic E-state index is 12.1. The maximum atomic E-state index is 12.1. The smallest absolute Gasteiger partial charge is 0.338 e. The van der Waals surface area contributed by atoms with Crippen LogP contribution in [0.3, 0.4) is 0 Å². The van der Waals surface area contributed by atoms with E-state index in [-0.39, 0.29) is 11.5 Å². The van der Waals surface area contributed by atoms with Crippen molar-refractivity contribution in [2.75, 3.05) is 5.32 Å². The summed E-state index contributed by atoms with van der Waals surface area (Å²) in [4.78, 5) is 24.2. The zero-order chi connectivity index (χ0) is 14.2. The van der Waals surface area contributed by atoms with Crippen LogP contribution in [0.1, 0.15) is 36.7 Å². The van der Waals surface area contributed by atoms with E-state index in [0.717, 1.165) is 10.4 Å². The van der Waals surface area contributed by atoms with E-state index in [9.17, 15) is 14.7 Å². The third-order valence-electron chi connectivity index (χ3n) is 2.93. The van der Waals surface area contributed by atoms with Crippen molar-refractivity contribution in [3.8, 4) is 0 Å². The molecule has 19 heavy (non-hydrogen) atoms. The summed E-state index contributed by atoms with van der Waals surface area (Å²) >= 11 is 2.74. The van der Waals surface area contributed by atoms with Gasteiger partial charge in [-0.3, -0.25) is 4.79 Å². The van der Waals surface area contributed by atoms with Crippen LogP contribution in [0, 0.1) is 20.8 Å². The molecule has 0 aliphatic carbocycles. The molecule has 0 saturated carbocycles. The first-order chi connectivity index (χ1) is 8.91. The summed E-state index contributed by atoms with van der Waals surface area (Å²) in [5, 5.41) is 16.0. The highest BCUT2D eigenvalue weighted by atomic mass is 32.1. The first kappa shape index (κ1) is 13.8. The molecule has 0 aliphatic heterocycles. The SMILES string of the molecule is Cc1cscc1C(=O)Nc1sc(C)c(C)c1C(=O)O. The largest absolute Gasteiger partial charge is 0.478 e. The van der Waals surface area contributed by atoms with Gasteiger partial charge < -0.3 is 10.4 Å². The molecule has 6 heteroatoms. The third kappa shape index (κ3) is 2.54. The number of aromatic carboxylic acids is 1. The van der Waals surface area contributed by atoms with Crippen LogP contribution in [0.25, 0.3) is 0 Å². The predicted molar refractivity (Wildman–Crippen MR) is 77.8 cm³/mol. The zero-order valence-corrected chi connectivity index (χ0v) is 12.4. The van der Waals surface area contributed by atoms with Crippen molar-refractivity contribution in [2.45, 2.75) is 20.8 Å². The summed E-state index contributed by atoms with van der Waals surface area (Å²) < 4.78 is 0. The van der Waals surface area contributed by atoms with Crippen molar-refractivity contribution in [1.82, 2.24) is 0 Å². The first-order valence-corrected chi connectivity index (χ1v) is 7.35. The maximum Gasteiger partial charge on any atom is 0.338 e. The van der Waals surface area contributed by atoms with Crippen molar-refractivity contribution < 1.29 is 14.7 Å². The lowest BCUT2D eigenvalue weighted by atomic mass is 10.1. The van der Waals surface area contributed by atoms with Crippen molar-refractivity contribution >= 4 is 39.6 Å². The van der Waals surface area contributed by atoms with Gasteiger partial charge in [0, 0.05) is 10.3 Å². The molecule has 4 nitrogen and oxygen atoms in total. The Bertz CT molecular complexity index is 655. The van der Waals surface area contributed by atoms with Gasteiger partial charge in [-0.05, 0) is 37.3 Å². The van der Waals surface area contributed by atoms with Crippen LogP contribution in [0.15, 0.2) is 10.8 Å². The number of thiophene rings is 2. The highest BCUT2D eigenvalue weighted by molar-refractivity contribution is 7.16. The average Bonchev–Trinajstić information content (AvgIpc) is 2.84. The molecule has 0 aromatic carbocycles. The van der Waals surface area contributed by atoms with Gasteiger partial charge in [0.15, 0.2) is 0 Å². The number of rotatable bonds is 3. The number of aryl methyl sites for hydroxylation is 2. The molecule has 0 saturated heterocycles. The van der Waals surface area contributed by atoms with E-state index in [1.165, 1.54) is 22.7 Å². The summed E-state index contributed by atoms with van der Waals surface area (Å²) in [6, 6.07) is 0. The minimum atomic E-state index is -1.01. The number of carboxylic acid groups (broad SMARTS) is 1. The van der Waals surface area contributed by atoms with Crippen LogP contribution in [0.4, 0.5) is 5.00 Å². The highest BCUT2D eigenvalue weighted by Gasteiger charge is 2.21. The fraction of sp³-hybridized carbons (Fsp3) is 0.231. The molecule has 0 bridgehead atoms. The number of anilines is 1. The van der Waals surface area contributed by atoms with Crippen molar-refractivity contribution in [3.63, 3.8) is 0 Å². The molecule has 2 N–H and O–H groups in total. The Balaban J connectivity index is 2.35. The number of nitrogens with one attached hydrogen (secondary N) is 1. The van der Waals surface area contributed by atoms with Gasteiger partial charge in [0.05, 0.1) is 11.1 Å². The van der Waals surface area contributed by atoms with Crippen LogP contribution >= 0.6 is 22.7 Å². The van der Waals surface area contributed by atoms with Crippen molar-refractivity contribution in [3.05, 3.63) is 37.9 Å². The van der Waals surface area contributed by atoms with E-state index >= 15 is 0 Å². The fourth-order valence-electron chi connectivity index (χ4n) is 1.74. The van der Waals surface area contributed by atoms with E-state index in [1.807, 2.05) is 19.2 Å². The lowest BCUT2D eigenvalue weighted by Gasteiger charge is -2.04. The van der Waals surface area contributed by atoms with Gasteiger partial charge in [-0.1, -0.05) is 0 Å². The van der Waals surface area contributed by atoms with Crippen molar-refractivity contribution in [1.29, 1.82) is 0 Å². The number of carbonyl (C=O) groups is 2. The molecule has 2 rings (SSSR count). The Morgan fingerprint density at radius 3 is 2.42 bits per heavy atom. The topological polar surface area (TPSA) is 66.4 Å². The van der Waals surface area contributed by atoms with Crippen molar-refractivity contribution in [2.24, 2.45) is 0 Å². The molecule has 100 valence electrons. The second kappa shape index (κ2) is 5.14. The van der Waals surface area contributed by atoms with Crippen LogP contribution in [-0.2, 0) is 0 Å². The molecule has 0 unspecified atom stereocenters. The highest BCUT2D eigenvalue weighted by Crippen LogP contribution is 2.33. The fourth-order valence-corrected chi connectivity index (χ4v) is 3.61. The number of hydrogen-bond acceptors (Lipinski definition) is 4. The minimum Gasteiger partial charge on any atom is -0.478 e. The van der Waals surface area contributed by atoms with Gasteiger partial charge in [0.1, 0.15) is 5.00 Å². The van der Waals surface area contributed by atoms with Gasteiger partial charge in [0.25, 0.3) is 5.91 Å². The molecule has 0 aliphatic rings. The van der Waals surface area contributed by atoms with Gasteiger partial charge in [0.2, 0.25) is 0 Å². The monoisotopic (exact) mass is 295 g/mol. The summed E-state index contributed by atoms with van der Waals surface area (Å²) in [6.07, 6.45) is 0. The van der Waals surface area contributed by atoms with E-state index < -0.39 is 5.97 Å². The minimum absolute atomic E-state index is 0.184. The standard InChI is InChI=1S/C13H13NO3S2/c1-6-4-18-5-9(6)11(15)14-12-10(13(16)17)7(2)8(3)19-12/h4-5H,1-3H3,(H,14,15)(H,16,17). The van der Waals surface area contributed by atoms with E-state index in [2.05, 4.69) is 5.32 Å². The van der Waals surface area contributed by atoms with E-state index in [1.54, 1.807) is 12.3 Å². The normalized spacial score (nSPS) is 10.5. The summed E-state index contributed by atoms with van der Waals surface area (Å²) in [7, 11) is 0. The van der Waals surface area contributed by atoms with Crippen LogP contribution < -0.4 is 5.32 Å². The summed E-state index contributed by atoms with van der Waals surface area (Å²) in [6.45, 7) is 5.45. The molecule has 0 spiro atoms. The summed E-state index contributed by atoms with van der Waals surface area (Å²) in [5.74, 6) is -1.28. The molecular weight excluding hydrogens is 282 g/mol. The molecule has 2 aromatic heterocycles. The van der Waals surface area contributed by atoms with Crippen LogP contribution in [-0.4, -0.2) is 17.0 Å². The Labute approximate surface area is 118 Å². The van der Waals surface area contributed by atoms with Gasteiger partial charge in [-0.2, -0.15) is 11.3 Å². The quantitative estimate of drug-likeness (QED) is 0.907. The predicted octanol–water partition coefficient (Wildman–Crippen LogP) is 3.69. The first-order valence-electron chi connectivity index (χ1n) is 5.59. The number of carbonyl (C=O) groups excluding carboxylic acids is 1. The molecule has 1 amide bonds. The Morgan fingerprint density at radius 1 is 1.21 bits per heavy atom. The molecule has 0 radical (unpaired) electrons. The Hall–Kier alpha value is -1.66. The summed E-state index contributed by atoms with van der Waals surface area (Å²) in [5.41, 5.74) is 2.37. The molecule has 0 atom stereocenters. The molecular formula is C13H13NO3S2. The Kier molecular flexibility index (Phi) is 3.73. The zero-order valence-electron chi connectivity index (χ0n) is 10.7. The van der Waals surface area contributed by atoms with Crippen LogP contribution in [0.5, 0.6) is 0 Å². The lowest BCUT2D eigenvalue weighted by molar-refractivity contribution is 0.0697. The second-order valence-corrected chi connectivity index (χ2v) is 6.18. The third-order valence-corrected chi connectivity index (χ3v) is 4.91. The number of amides is 1. The number of carboxylic acids is 1. The molecule has 2 heterocycles. The Morgan fingerprint density at radius 2 is 1.89 bits per heavy atom. The number of hydrogen-bond donors (Lipinski definition) is 2. The van der Waals surface area contributed by atoms with Gasteiger partial charge >= 0.3 is 5.97 Å². The lowest BCUT2D eigenvalue weighted by Crippen LogP contribution is -2.13.